The molecule has 1 saturated heterocycles. The summed E-state index contributed by atoms with van der Waals surface area (Å²) in [7, 11) is -0.739. The van der Waals surface area contributed by atoms with Gasteiger partial charge in [-0.1, -0.05) is 0 Å². The van der Waals surface area contributed by atoms with E-state index in [-0.39, 0.29) is 16.7 Å². The SMILES string of the molecule is CC(=O)Nc1cc(S(=O)(=O)N(C)C)ccc1N1CCCC1=O. The van der Waals surface area contributed by atoms with E-state index in [1.807, 2.05) is 0 Å². The summed E-state index contributed by atoms with van der Waals surface area (Å²) in [4.78, 5) is 24.9. The van der Waals surface area contributed by atoms with Crippen LogP contribution >= 0.6 is 0 Å². The molecule has 1 N–H and O–H groups in total. The second-order valence-electron chi connectivity index (χ2n) is 5.30. The predicted molar refractivity (Wildman–Crippen MR) is 83.2 cm³/mol. The van der Waals surface area contributed by atoms with Gasteiger partial charge in [-0.05, 0) is 24.6 Å². The number of nitrogens with one attached hydrogen (secondary N) is 1. The standard InChI is InChI=1S/C14H19N3O4S/c1-10(18)15-12-9-11(22(20,21)16(2)3)6-7-13(12)17-8-4-5-14(17)19/h6-7,9H,4-5,8H2,1-3H3,(H,15,18). The van der Waals surface area contributed by atoms with Crippen molar-refractivity contribution < 1.29 is 18.0 Å². The molecule has 0 bridgehead atoms. The highest BCUT2D eigenvalue weighted by Crippen LogP contribution is 2.32. The molecule has 1 aromatic rings. The monoisotopic (exact) mass is 325 g/mol. The molecule has 8 heteroatoms. The molecule has 0 unspecified atom stereocenters. The molecular weight excluding hydrogens is 306 g/mol. The van der Waals surface area contributed by atoms with E-state index in [1.165, 1.54) is 33.2 Å². The molecule has 1 aromatic carbocycles. The average molecular weight is 325 g/mol. The van der Waals surface area contributed by atoms with Crippen molar-refractivity contribution in [2.75, 3.05) is 30.9 Å². The van der Waals surface area contributed by atoms with Crippen LogP contribution in [-0.4, -0.2) is 45.2 Å². The lowest BCUT2D eigenvalue weighted by molar-refractivity contribution is -0.117. The lowest BCUT2D eigenvalue weighted by atomic mass is 10.2. The fraction of sp³-hybridized carbons (Fsp3) is 0.429. The average Bonchev–Trinajstić information content (AvgIpc) is 2.84. The van der Waals surface area contributed by atoms with Gasteiger partial charge in [0.25, 0.3) is 0 Å². The topological polar surface area (TPSA) is 86.8 Å². The molecule has 1 aliphatic heterocycles. The van der Waals surface area contributed by atoms with Crippen LogP contribution in [0.15, 0.2) is 23.1 Å². The number of anilines is 2. The number of carbonyl (C=O) groups excluding carboxylic acids is 2. The van der Waals surface area contributed by atoms with Crippen LogP contribution in [0.1, 0.15) is 19.8 Å². The summed E-state index contributed by atoms with van der Waals surface area (Å²) in [6, 6.07) is 4.39. The van der Waals surface area contributed by atoms with Crippen molar-refractivity contribution in [2.45, 2.75) is 24.7 Å². The molecule has 120 valence electrons. The first-order valence-corrected chi connectivity index (χ1v) is 8.32. The van der Waals surface area contributed by atoms with Crippen LogP contribution in [-0.2, 0) is 19.6 Å². The highest BCUT2D eigenvalue weighted by atomic mass is 32.2. The van der Waals surface area contributed by atoms with Crippen molar-refractivity contribution in [1.29, 1.82) is 0 Å². The third-order valence-electron chi connectivity index (χ3n) is 3.42. The number of benzene rings is 1. The third-order valence-corrected chi connectivity index (χ3v) is 5.23. The van der Waals surface area contributed by atoms with Gasteiger partial charge in [-0.25, -0.2) is 12.7 Å². The largest absolute Gasteiger partial charge is 0.324 e. The van der Waals surface area contributed by atoms with E-state index in [1.54, 1.807) is 11.0 Å². The number of hydrogen-bond acceptors (Lipinski definition) is 4. The third kappa shape index (κ3) is 3.12. The number of amides is 2. The Balaban J connectivity index is 2.52. The summed E-state index contributed by atoms with van der Waals surface area (Å²) >= 11 is 0. The van der Waals surface area contributed by atoms with Crippen LogP contribution in [0.3, 0.4) is 0 Å². The van der Waals surface area contributed by atoms with Gasteiger partial charge in [0.15, 0.2) is 0 Å². The summed E-state index contributed by atoms with van der Waals surface area (Å²) in [5.41, 5.74) is 0.848. The molecule has 2 amide bonds. The zero-order valence-electron chi connectivity index (χ0n) is 12.8. The first kappa shape index (κ1) is 16.4. The second-order valence-corrected chi connectivity index (χ2v) is 7.45. The van der Waals surface area contributed by atoms with E-state index in [0.717, 1.165) is 10.7 Å². The maximum Gasteiger partial charge on any atom is 0.242 e. The van der Waals surface area contributed by atoms with Crippen LogP contribution in [0, 0.1) is 0 Å². The van der Waals surface area contributed by atoms with Crippen molar-refractivity contribution in [3.05, 3.63) is 18.2 Å². The van der Waals surface area contributed by atoms with Crippen molar-refractivity contribution in [3.8, 4) is 0 Å². The Hall–Kier alpha value is -1.93. The Morgan fingerprint density at radius 1 is 1.32 bits per heavy atom. The number of sulfonamides is 1. The molecule has 22 heavy (non-hydrogen) atoms. The molecule has 0 saturated carbocycles. The summed E-state index contributed by atoms with van der Waals surface area (Å²) in [6.45, 7) is 1.90. The minimum absolute atomic E-state index is 0.0326. The van der Waals surface area contributed by atoms with E-state index < -0.39 is 10.0 Å². The van der Waals surface area contributed by atoms with Gasteiger partial charge in [0, 0.05) is 34.0 Å². The van der Waals surface area contributed by atoms with Crippen molar-refractivity contribution in [2.24, 2.45) is 0 Å². The van der Waals surface area contributed by atoms with E-state index in [9.17, 15) is 18.0 Å². The van der Waals surface area contributed by atoms with E-state index in [2.05, 4.69) is 5.32 Å². The Bertz CT molecular complexity index is 713. The summed E-state index contributed by atoms with van der Waals surface area (Å²) in [5.74, 6) is -0.359. The molecule has 1 fully saturated rings. The van der Waals surface area contributed by atoms with Gasteiger partial charge in [-0.3, -0.25) is 9.59 Å². The molecule has 0 atom stereocenters. The lowest BCUT2D eigenvalue weighted by Gasteiger charge is -2.21. The van der Waals surface area contributed by atoms with Crippen molar-refractivity contribution in [3.63, 3.8) is 0 Å². The van der Waals surface area contributed by atoms with E-state index in [4.69, 9.17) is 0 Å². The van der Waals surface area contributed by atoms with Crippen LogP contribution in [0.2, 0.25) is 0 Å². The fourth-order valence-corrected chi connectivity index (χ4v) is 3.24. The Kier molecular flexibility index (Phi) is 4.52. The van der Waals surface area contributed by atoms with Gasteiger partial charge in [0.2, 0.25) is 21.8 Å². The highest BCUT2D eigenvalue weighted by molar-refractivity contribution is 7.89. The number of carbonyl (C=O) groups is 2. The molecule has 0 aromatic heterocycles. The Labute approximate surface area is 129 Å². The quantitative estimate of drug-likeness (QED) is 0.895. The number of hydrogen-bond donors (Lipinski definition) is 1. The zero-order valence-corrected chi connectivity index (χ0v) is 13.6. The minimum atomic E-state index is -3.61. The van der Waals surface area contributed by atoms with E-state index in [0.29, 0.717) is 24.3 Å². The lowest BCUT2D eigenvalue weighted by Crippen LogP contribution is -2.26. The molecule has 2 rings (SSSR count). The van der Waals surface area contributed by atoms with Crippen LogP contribution in [0.5, 0.6) is 0 Å². The summed E-state index contributed by atoms with van der Waals surface area (Å²) in [5, 5.41) is 2.61. The fourth-order valence-electron chi connectivity index (χ4n) is 2.31. The van der Waals surface area contributed by atoms with Gasteiger partial charge in [-0.2, -0.15) is 0 Å². The predicted octanol–water partition coefficient (Wildman–Crippen LogP) is 1.02. The zero-order chi connectivity index (χ0) is 16.5. The van der Waals surface area contributed by atoms with Gasteiger partial charge < -0.3 is 10.2 Å². The number of rotatable bonds is 4. The maximum atomic E-state index is 12.2. The summed E-state index contributed by atoms with van der Waals surface area (Å²) < 4.78 is 25.5. The first-order chi connectivity index (χ1) is 10.2. The van der Waals surface area contributed by atoms with Gasteiger partial charge in [-0.15, -0.1) is 0 Å². The smallest absolute Gasteiger partial charge is 0.242 e. The maximum absolute atomic E-state index is 12.2. The molecule has 1 aliphatic rings. The van der Waals surface area contributed by atoms with Crippen molar-refractivity contribution >= 4 is 33.2 Å². The molecule has 0 spiro atoms. The first-order valence-electron chi connectivity index (χ1n) is 6.88. The van der Waals surface area contributed by atoms with Crippen LogP contribution in [0.25, 0.3) is 0 Å². The number of nitrogens with zero attached hydrogens (tertiary/aromatic N) is 2. The van der Waals surface area contributed by atoms with Crippen LogP contribution in [0.4, 0.5) is 11.4 Å². The van der Waals surface area contributed by atoms with Gasteiger partial charge in [0.05, 0.1) is 16.3 Å². The molecular formula is C14H19N3O4S. The van der Waals surface area contributed by atoms with Crippen molar-refractivity contribution in [1.82, 2.24) is 4.31 Å². The highest BCUT2D eigenvalue weighted by Gasteiger charge is 2.26. The van der Waals surface area contributed by atoms with Gasteiger partial charge >= 0.3 is 0 Å². The molecule has 1 heterocycles. The molecule has 7 nitrogen and oxygen atoms in total. The second kappa shape index (κ2) is 6.05. The Morgan fingerprint density at radius 3 is 2.50 bits per heavy atom. The van der Waals surface area contributed by atoms with E-state index >= 15 is 0 Å². The normalized spacial score (nSPS) is 15.5. The van der Waals surface area contributed by atoms with Gasteiger partial charge in [0.1, 0.15) is 0 Å². The summed E-state index contributed by atoms with van der Waals surface area (Å²) in [6.07, 6.45) is 1.20. The van der Waals surface area contributed by atoms with Crippen LogP contribution < -0.4 is 10.2 Å². The Morgan fingerprint density at radius 2 is 2.00 bits per heavy atom. The molecule has 0 aliphatic carbocycles. The minimum Gasteiger partial charge on any atom is -0.324 e. The molecule has 0 radical (unpaired) electrons.